The summed E-state index contributed by atoms with van der Waals surface area (Å²) in [6.07, 6.45) is 1.16. The molecule has 0 aliphatic carbocycles. The van der Waals surface area contributed by atoms with Crippen molar-refractivity contribution in [3.63, 3.8) is 0 Å². The van der Waals surface area contributed by atoms with E-state index in [0.717, 1.165) is 30.5 Å². The number of likely N-dealkylation sites (N-methyl/N-ethyl adjacent to an activating group) is 1. The summed E-state index contributed by atoms with van der Waals surface area (Å²) in [6, 6.07) is 7.17. The molecule has 1 unspecified atom stereocenters. The van der Waals surface area contributed by atoms with E-state index in [2.05, 4.69) is 58.2 Å². The molecule has 0 saturated heterocycles. The lowest BCUT2D eigenvalue weighted by Crippen LogP contribution is -2.43. The van der Waals surface area contributed by atoms with Crippen molar-refractivity contribution in [1.29, 1.82) is 0 Å². The molecule has 0 amide bonds. The first-order chi connectivity index (χ1) is 7.74. The molecule has 1 heterocycles. The van der Waals surface area contributed by atoms with Gasteiger partial charge in [-0.15, -0.1) is 0 Å². The van der Waals surface area contributed by atoms with Gasteiger partial charge in [-0.25, -0.2) is 0 Å². The van der Waals surface area contributed by atoms with Crippen LogP contribution in [-0.2, 0) is 6.42 Å². The SMILES string of the molecule is CCN(CC)C1CNc2cc(Br)ccc2C1. The molecule has 1 aliphatic rings. The Balaban J connectivity index is 2.14. The molecule has 0 radical (unpaired) electrons. The summed E-state index contributed by atoms with van der Waals surface area (Å²) in [5.74, 6) is 0. The van der Waals surface area contributed by atoms with E-state index in [9.17, 15) is 0 Å². The third-order valence-corrected chi connectivity index (χ3v) is 3.88. The van der Waals surface area contributed by atoms with Gasteiger partial charge in [-0.2, -0.15) is 0 Å². The molecule has 1 aromatic carbocycles. The highest BCUT2D eigenvalue weighted by molar-refractivity contribution is 9.10. The summed E-state index contributed by atoms with van der Waals surface area (Å²) >= 11 is 3.51. The molecular weight excluding hydrogens is 264 g/mol. The molecule has 88 valence electrons. The minimum absolute atomic E-state index is 0.642. The molecule has 2 rings (SSSR count). The Morgan fingerprint density at radius 2 is 2.12 bits per heavy atom. The minimum atomic E-state index is 0.642. The normalized spacial score (nSPS) is 19.4. The first kappa shape index (κ1) is 11.9. The van der Waals surface area contributed by atoms with Crippen molar-refractivity contribution in [1.82, 2.24) is 4.90 Å². The second kappa shape index (κ2) is 5.19. The maximum Gasteiger partial charge on any atom is 0.0385 e. The average molecular weight is 283 g/mol. The number of halogens is 1. The second-order valence-electron chi connectivity index (χ2n) is 4.26. The largest absolute Gasteiger partial charge is 0.383 e. The molecule has 0 aromatic heterocycles. The zero-order valence-electron chi connectivity index (χ0n) is 9.96. The van der Waals surface area contributed by atoms with Gasteiger partial charge < -0.3 is 5.32 Å². The zero-order chi connectivity index (χ0) is 11.5. The van der Waals surface area contributed by atoms with Crippen LogP contribution in [0.2, 0.25) is 0 Å². The molecule has 1 atom stereocenters. The maximum atomic E-state index is 3.53. The summed E-state index contributed by atoms with van der Waals surface area (Å²) in [5, 5.41) is 3.53. The van der Waals surface area contributed by atoms with E-state index in [-0.39, 0.29) is 0 Å². The lowest BCUT2D eigenvalue weighted by molar-refractivity contribution is 0.221. The van der Waals surface area contributed by atoms with Crippen LogP contribution in [0.25, 0.3) is 0 Å². The van der Waals surface area contributed by atoms with Crippen LogP contribution < -0.4 is 5.32 Å². The van der Waals surface area contributed by atoms with Crippen molar-refractivity contribution in [2.45, 2.75) is 26.3 Å². The highest BCUT2D eigenvalue weighted by Crippen LogP contribution is 2.27. The smallest absolute Gasteiger partial charge is 0.0385 e. The Labute approximate surface area is 106 Å². The molecule has 1 aliphatic heterocycles. The van der Waals surface area contributed by atoms with Gasteiger partial charge in [0.2, 0.25) is 0 Å². The van der Waals surface area contributed by atoms with Crippen LogP contribution in [0.15, 0.2) is 22.7 Å². The molecule has 0 bridgehead atoms. The van der Waals surface area contributed by atoms with Gasteiger partial charge in [-0.1, -0.05) is 35.8 Å². The third-order valence-electron chi connectivity index (χ3n) is 3.38. The van der Waals surface area contributed by atoms with E-state index < -0.39 is 0 Å². The van der Waals surface area contributed by atoms with Crippen LogP contribution >= 0.6 is 15.9 Å². The minimum Gasteiger partial charge on any atom is -0.383 e. The second-order valence-corrected chi connectivity index (χ2v) is 5.18. The Hall–Kier alpha value is -0.540. The van der Waals surface area contributed by atoms with Crippen molar-refractivity contribution in [2.75, 3.05) is 25.0 Å². The van der Waals surface area contributed by atoms with Gasteiger partial charge in [-0.05, 0) is 37.2 Å². The summed E-state index contributed by atoms with van der Waals surface area (Å²) < 4.78 is 1.15. The molecule has 0 spiro atoms. The number of fused-ring (bicyclic) bond motifs is 1. The predicted molar refractivity (Wildman–Crippen MR) is 73.0 cm³/mol. The average Bonchev–Trinajstić information content (AvgIpc) is 2.31. The lowest BCUT2D eigenvalue weighted by Gasteiger charge is -2.34. The van der Waals surface area contributed by atoms with Crippen LogP contribution in [-0.4, -0.2) is 30.6 Å². The quantitative estimate of drug-likeness (QED) is 0.917. The number of nitrogens with zero attached hydrogens (tertiary/aromatic N) is 1. The first-order valence-electron chi connectivity index (χ1n) is 6.01. The number of hydrogen-bond donors (Lipinski definition) is 1. The zero-order valence-corrected chi connectivity index (χ0v) is 11.5. The maximum absolute atomic E-state index is 3.53. The summed E-state index contributed by atoms with van der Waals surface area (Å²) in [4.78, 5) is 2.53. The van der Waals surface area contributed by atoms with Crippen molar-refractivity contribution >= 4 is 21.6 Å². The Bertz CT molecular complexity index is 361. The first-order valence-corrected chi connectivity index (χ1v) is 6.80. The fraction of sp³-hybridized carbons (Fsp3) is 0.538. The van der Waals surface area contributed by atoms with Crippen LogP contribution in [0.5, 0.6) is 0 Å². The lowest BCUT2D eigenvalue weighted by atomic mass is 9.98. The van der Waals surface area contributed by atoms with E-state index in [1.54, 1.807) is 0 Å². The van der Waals surface area contributed by atoms with Crippen LogP contribution in [0.3, 0.4) is 0 Å². The van der Waals surface area contributed by atoms with Crippen LogP contribution in [0, 0.1) is 0 Å². The third kappa shape index (κ3) is 2.41. The topological polar surface area (TPSA) is 15.3 Å². The number of anilines is 1. The molecule has 0 saturated carbocycles. The summed E-state index contributed by atoms with van der Waals surface area (Å²) in [6.45, 7) is 7.80. The Kier molecular flexibility index (Phi) is 3.87. The van der Waals surface area contributed by atoms with Crippen molar-refractivity contribution in [2.24, 2.45) is 0 Å². The van der Waals surface area contributed by atoms with Crippen molar-refractivity contribution in [3.05, 3.63) is 28.2 Å². The highest BCUT2D eigenvalue weighted by atomic mass is 79.9. The van der Waals surface area contributed by atoms with Crippen molar-refractivity contribution < 1.29 is 0 Å². The van der Waals surface area contributed by atoms with Gasteiger partial charge in [-0.3, -0.25) is 4.90 Å². The van der Waals surface area contributed by atoms with E-state index >= 15 is 0 Å². The fourth-order valence-corrected chi connectivity index (χ4v) is 2.80. The van der Waals surface area contributed by atoms with Crippen LogP contribution in [0.4, 0.5) is 5.69 Å². The van der Waals surface area contributed by atoms with E-state index in [0.29, 0.717) is 6.04 Å². The summed E-state index contributed by atoms with van der Waals surface area (Å²) in [5.41, 5.74) is 2.73. The van der Waals surface area contributed by atoms with Crippen LogP contribution in [0.1, 0.15) is 19.4 Å². The summed E-state index contributed by atoms with van der Waals surface area (Å²) in [7, 11) is 0. The Morgan fingerprint density at radius 1 is 1.38 bits per heavy atom. The number of nitrogens with one attached hydrogen (secondary N) is 1. The van der Waals surface area contributed by atoms with E-state index in [1.807, 2.05) is 0 Å². The monoisotopic (exact) mass is 282 g/mol. The molecule has 3 heteroatoms. The van der Waals surface area contributed by atoms with Gasteiger partial charge >= 0.3 is 0 Å². The number of benzene rings is 1. The number of hydrogen-bond acceptors (Lipinski definition) is 2. The standard InChI is InChI=1S/C13H19BrN2/c1-3-16(4-2)12-7-10-5-6-11(14)8-13(10)15-9-12/h5-6,8,12,15H,3-4,7,9H2,1-2H3. The molecule has 2 nitrogen and oxygen atoms in total. The van der Waals surface area contributed by atoms with Gasteiger partial charge in [0.25, 0.3) is 0 Å². The van der Waals surface area contributed by atoms with E-state index in [1.165, 1.54) is 11.3 Å². The molecule has 1 N–H and O–H groups in total. The fourth-order valence-electron chi connectivity index (χ4n) is 2.44. The highest BCUT2D eigenvalue weighted by Gasteiger charge is 2.21. The van der Waals surface area contributed by atoms with Gasteiger partial charge in [0, 0.05) is 22.7 Å². The molecule has 1 aromatic rings. The van der Waals surface area contributed by atoms with E-state index in [4.69, 9.17) is 0 Å². The predicted octanol–water partition coefficient (Wildman–Crippen LogP) is 3.13. The van der Waals surface area contributed by atoms with Gasteiger partial charge in [0.05, 0.1) is 0 Å². The molecule has 0 fully saturated rings. The molecular formula is C13H19BrN2. The van der Waals surface area contributed by atoms with Crippen molar-refractivity contribution in [3.8, 4) is 0 Å². The Morgan fingerprint density at radius 3 is 2.81 bits per heavy atom. The van der Waals surface area contributed by atoms with Gasteiger partial charge in [0.15, 0.2) is 0 Å². The van der Waals surface area contributed by atoms with Gasteiger partial charge in [0.1, 0.15) is 0 Å². The molecule has 16 heavy (non-hydrogen) atoms. The number of rotatable bonds is 3.